The van der Waals surface area contributed by atoms with Gasteiger partial charge in [0.2, 0.25) is 0 Å². The molecule has 274 valence electrons. The smallest absolute Gasteiger partial charge is 0.160 e. The van der Waals surface area contributed by atoms with Crippen LogP contribution in [0.1, 0.15) is 25.0 Å². The minimum absolute atomic E-state index is 0.120. The van der Waals surface area contributed by atoms with E-state index in [0.717, 1.165) is 44.8 Å². The van der Waals surface area contributed by atoms with Gasteiger partial charge in [-0.25, -0.2) is 9.97 Å². The molecule has 0 amide bonds. The number of hydrogen-bond donors (Lipinski definition) is 0. The molecule has 0 unspecified atom stereocenters. The van der Waals surface area contributed by atoms with Crippen LogP contribution < -0.4 is 0 Å². The van der Waals surface area contributed by atoms with Gasteiger partial charge in [0.1, 0.15) is 0 Å². The van der Waals surface area contributed by atoms with Crippen LogP contribution in [0.25, 0.3) is 98.6 Å². The van der Waals surface area contributed by atoms with Crippen molar-refractivity contribution >= 4 is 31.5 Å². The molecule has 3 heteroatoms. The highest BCUT2D eigenvalue weighted by atomic mass is 32.1. The third kappa shape index (κ3) is 5.69. The molecule has 0 atom stereocenters. The van der Waals surface area contributed by atoms with Crippen LogP contribution in [0.15, 0.2) is 194 Å². The van der Waals surface area contributed by atoms with E-state index in [-0.39, 0.29) is 5.41 Å². The lowest BCUT2D eigenvalue weighted by Gasteiger charge is -2.21. The summed E-state index contributed by atoms with van der Waals surface area (Å²) >= 11 is 1.87. The summed E-state index contributed by atoms with van der Waals surface area (Å²) in [4.78, 5) is 10.7. The van der Waals surface area contributed by atoms with Gasteiger partial charge >= 0.3 is 0 Å². The van der Waals surface area contributed by atoms with Crippen LogP contribution in [-0.2, 0) is 5.41 Å². The van der Waals surface area contributed by atoms with E-state index in [9.17, 15) is 0 Å². The van der Waals surface area contributed by atoms with Crippen LogP contribution in [0, 0.1) is 0 Å². The Hall–Kier alpha value is -6.94. The molecule has 0 saturated carbocycles. The molecule has 0 saturated heterocycles. The molecule has 0 spiro atoms. The number of fused-ring (bicyclic) bond motifs is 6. The minimum atomic E-state index is -0.120. The van der Waals surface area contributed by atoms with Crippen molar-refractivity contribution in [3.63, 3.8) is 0 Å². The Bertz CT molecular complexity index is 3190. The molecular weight excluding hydrogens is 721 g/mol. The first-order valence-corrected chi connectivity index (χ1v) is 20.7. The standard InChI is InChI=1S/C55H38N2S/c1-55(2)47-27-11-9-23-45(47)52-46(26-15-28-48(52)55)50-34-49(56-54(57-50)36-18-7-4-8-19-36)41-32-39(38-21-13-20-37(30-38)35-16-5-3-6-17-35)31-40(33-41)42-24-14-25-44-43-22-10-12-29-51(43)58-53(42)44/h3-34H,1-2H3. The number of rotatable bonds is 6. The summed E-state index contributed by atoms with van der Waals surface area (Å²) < 4.78 is 2.59. The van der Waals surface area contributed by atoms with E-state index in [1.165, 1.54) is 59.1 Å². The SMILES string of the molecule is CC1(C)c2ccccc2-c2c(-c3cc(-c4cc(-c5cccc(-c6ccccc6)c5)cc(-c5cccc6c5sc5ccccc56)c4)nc(-c4ccccc4)n3)cccc21. The van der Waals surface area contributed by atoms with Crippen molar-refractivity contribution in [2.24, 2.45) is 0 Å². The molecule has 1 aliphatic carbocycles. The van der Waals surface area contributed by atoms with Crippen LogP contribution in [-0.4, -0.2) is 9.97 Å². The van der Waals surface area contributed by atoms with Crippen LogP contribution in [0.5, 0.6) is 0 Å². The molecule has 0 aliphatic heterocycles. The maximum Gasteiger partial charge on any atom is 0.160 e. The van der Waals surface area contributed by atoms with Gasteiger partial charge < -0.3 is 0 Å². The summed E-state index contributed by atoms with van der Waals surface area (Å²) in [6.07, 6.45) is 0. The molecule has 8 aromatic carbocycles. The largest absolute Gasteiger partial charge is 0.228 e. The Kier molecular flexibility index (Phi) is 8.06. The lowest BCUT2D eigenvalue weighted by Crippen LogP contribution is -2.14. The van der Waals surface area contributed by atoms with Gasteiger partial charge in [-0.15, -0.1) is 11.3 Å². The van der Waals surface area contributed by atoms with Crippen molar-refractivity contribution in [3.05, 3.63) is 205 Å². The van der Waals surface area contributed by atoms with E-state index in [0.29, 0.717) is 5.82 Å². The van der Waals surface area contributed by atoms with E-state index in [1.807, 2.05) is 17.4 Å². The van der Waals surface area contributed by atoms with E-state index in [4.69, 9.17) is 9.97 Å². The number of nitrogens with zero attached hydrogens (tertiary/aromatic N) is 2. The fourth-order valence-corrected chi connectivity index (χ4v) is 10.2. The first-order chi connectivity index (χ1) is 28.5. The molecular formula is C55H38N2S. The van der Waals surface area contributed by atoms with Gasteiger partial charge in [-0.3, -0.25) is 0 Å². The van der Waals surface area contributed by atoms with E-state index in [2.05, 4.69) is 202 Å². The second-order valence-corrected chi connectivity index (χ2v) is 16.8. The number of benzene rings is 8. The number of hydrogen-bond acceptors (Lipinski definition) is 3. The molecule has 0 radical (unpaired) electrons. The van der Waals surface area contributed by atoms with Gasteiger partial charge in [0.25, 0.3) is 0 Å². The van der Waals surface area contributed by atoms with Crippen LogP contribution in [0.2, 0.25) is 0 Å². The maximum atomic E-state index is 5.39. The second-order valence-electron chi connectivity index (χ2n) is 15.8. The van der Waals surface area contributed by atoms with Gasteiger partial charge in [-0.2, -0.15) is 0 Å². The monoisotopic (exact) mass is 758 g/mol. The molecule has 2 aromatic heterocycles. The van der Waals surface area contributed by atoms with E-state index >= 15 is 0 Å². The molecule has 2 heterocycles. The third-order valence-corrected chi connectivity index (χ3v) is 13.1. The third-order valence-electron chi connectivity index (χ3n) is 11.9. The Morgan fingerprint density at radius 1 is 0.379 bits per heavy atom. The van der Waals surface area contributed by atoms with Crippen molar-refractivity contribution in [2.75, 3.05) is 0 Å². The number of aromatic nitrogens is 2. The quantitative estimate of drug-likeness (QED) is 0.169. The van der Waals surface area contributed by atoms with E-state index < -0.39 is 0 Å². The van der Waals surface area contributed by atoms with Crippen molar-refractivity contribution in [1.82, 2.24) is 9.97 Å². The lowest BCUT2D eigenvalue weighted by atomic mass is 9.82. The van der Waals surface area contributed by atoms with Crippen molar-refractivity contribution in [3.8, 4) is 78.4 Å². The molecule has 11 rings (SSSR count). The Labute approximate surface area is 342 Å². The first kappa shape index (κ1) is 34.3. The highest BCUT2D eigenvalue weighted by molar-refractivity contribution is 7.26. The summed E-state index contributed by atoms with van der Waals surface area (Å²) in [5, 5.41) is 2.58. The fourth-order valence-electron chi connectivity index (χ4n) is 9.00. The lowest BCUT2D eigenvalue weighted by molar-refractivity contribution is 0.660. The van der Waals surface area contributed by atoms with Crippen LogP contribution >= 0.6 is 11.3 Å². The molecule has 58 heavy (non-hydrogen) atoms. The summed E-state index contributed by atoms with van der Waals surface area (Å²) in [6, 6.07) is 70.1. The van der Waals surface area contributed by atoms with Crippen molar-refractivity contribution in [1.29, 1.82) is 0 Å². The molecule has 2 nitrogen and oxygen atoms in total. The van der Waals surface area contributed by atoms with Crippen LogP contribution in [0.4, 0.5) is 0 Å². The highest BCUT2D eigenvalue weighted by Crippen LogP contribution is 2.52. The van der Waals surface area contributed by atoms with Gasteiger partial charge in [-0.05, 0) is 92.0 Å². The molecule has 10 aromatic rings. The topological polar surface area (TPSA) is 25.8 Å². The molecule has 1 aliphatic rings. The highest BCUT2D eigenvalue weighted by Gasteiger charge is 2.36. The zero-order valence-corrected chi connectivity index (χ0v) is 33.1. The Balaban J connectivity index is 1.17. The Morgan fingerprint density at radius 3 is 1.78 bits per heavy atom. The maximum absolute atomic E-state index is 5.39. The predicted molar refractivity (Wildman–Crippen MR) is 245 cm³/mol. The van der Waals surface area contributed by atoms with Crippen LogP contribution in [0.3, 0.4) is 0 Å². The zero-order valence-electron chi connectivity index (χ0n) is 32.3. The number of thiophene rings is 1. The predicted octanol–water partition coefficient (Wildman–Crippen LogP) is 15.2. The normalized spacial score (nSPS) is 12.8. The summed E-state index contributed by atoms with van der Waals surface area (Å²) in [5.41, 5.74) is 17.1. The van der Waals surface area contributed by atoms with Gasteiger partial charge in [0.15, 0.2) is 5.82 Å². The van der Waals surface area contributed by atoms with Crippen molar-refractivity contribution < 1.29 is 0 Å². The van der Waals surface area contributed by atoms with Gasteiger partial charge in [0, 0.05) is 42.3 Å². The van der Waals surface area contributed by atoms with Gasteiger partial charge in [-0.1, -0.05) is 172 Å². The van der Waals surface area contributed by atoms with E-state index in [1.54, 1.807) is 0 Å². The summed E-state index contributed by atoms with van der Waals surface area (Å²) in [6.45, 7) is 4.67. The average Bonchev–Trinajstić information content (AvgIpc) is 3.79. The zero-order chi connectivity index (χ0) is 38.8. The van der Waals surface area contributed by atoms with Crippen molar-refractivity contribution in [2.45, 2.75) is 19.3 Å². The molecule has 0 bridgehead atoms. The average molecular weight is 759 g/mol. The summed E-state index contributed by atoms with van der Waals surface area (Å²) in [7, 11) is 0. The molecule has 0 fully saturated rings. The second kappa shape index (κ2) is 13.6. The fraction of sp³-hybridized carbons (Fsp3) is 0.0545. The molecule has 0 N–H and O–H groups in total. The first-order valence-electron chi connectivity index (χ1n) is 19.9. The minimum Gasteiger partial charge on any atom is -0.228 e. The Morgan fingerprint density at radius 2 is 0.931 bits per heavy atom. The van der Waals surface area contributed by atoms with Gasteiger partial charge in [0.05, 0.1) is 11.4 Å². The summed E-state index contributed by atoms with van der Waals surface area (Å²) in [5.74, 6) is 0.709.